The van der Waals surface area contributed by atoms with Gasteiger partial charge in [-0.2, -0.15) is 0 Å². The minimum Gasteiger partial charge on any atom is -0.380 e. The predicted molar refractivity (Wildman–Crippen MR) is 51.1 cm³/mol. The van der Waals surface area contributed by atoms with Crippen molar-refractivity contribution in [3.63, 3.8) is 0 Å². The molecule has 0 amide bonds. The second kappa shape index (κ2) is 3.61. The number of thiazole rings is 1. The smallest absolute Gasteiger partial charge is 0.304 e. The van der Waals surface area contributed by atoms with Gasteiger partial charge in [-0.15, -0.1) is 0 Å². The Bertz CT molecular complexity index is 333. The Kier molecular flexibility index (Phi) is 2.48. The molecule has 2 heterocycles. The van der Waals surface area contributed by atoms with Crippen LogP contribution in [0.4, 0.5) is 0 Å². The first-order chi connectivity index (χ1) is 6.29. The van der Waals surface area contributed by atoms with Gasteiger partial charge in [-0.25, -0.2) is 0 Å². The summed E-state index contributed by atoms with van der Waals surface area (Å²) in [4.78, 5) is 13.7. The molecule has 0 aliphatic carbocycles. The van der Waals surface area contributed by atoms with E-state index in [4.69, 9.17) is 4.74 Å². The van der Waals surface area contributed by atoms with E-state index in [-0.39, 0.29) is 17.0 Å². The fourth-order valence-electron chi connectivity index (χ4n) is 1.58. The van der Waals surface area contributed by atoms with E-state index in [0.29, 0.717) is 0 Å². The van der Waals surface area contributed by atoms with Crippen molar-refractivity contribution in [1.82, 2.24) is 10.3 Å². The number of methoxy groups -OCH3 is 1. The van der Waals surface area contributed by atoms with Gasteiger partial charge in [0.05, 0.1) is 12.1 Å². The number of ether oxygens (including phenoxy) is 1. The van der Waals surface area contributed by atoms with Crippen molar-refractivity contribution in [1.29, 1.82) is 0 Å². The molecule has 13 heavy (non-hydrogen) atoms. The van der Waals surface area contributed by atoms with Crippen molar-refractivity contribution in [2.45, 2.75) is 18.6 Å². The first kappa shape index (κ1) is 8.93. The van der Waals surface area contributed by atoms with Gasteiger partial charge in [0.2, 0.25) is 0 Å². The van der Waals surface area contributed by atoms with Crippen LogP contribution in [0.2, 0.25) is 0 Å². The molecular weight excluding hydrogens is 188 g/mol. The van der Waals surface area contributed by atoms with E-state index in [9.17, 15) is 4.79 Å². The van der Waals surface area contributed by atoms with E-state index in [1.54, 1.807) is 7.11 Å². The van der Waals surface area contributed by atoms with E-state index in [1.807, 2.05) is 5.38 Å². The fourth-order valence-corrected chi connectivity index (χ4v) is 2.22. The summed E-state index contributed by atoms with van der Waals surface area (Å²) < 4.78 is 5.22. The number of aromatic nitrogens is 1. The van der Waals surface area contributed by atoms with Crippen LogP contribution in [-0.4, -0.2) is 24.7 Å². The first-order valence-electron chi connectivity index (χ1n) is 4.23. The van der Waals surface area contributed by atoms with Gasteiger partial charge < -0.3 is 15.0 Å². The number of aromatic amines is 1. The molecule has 0 saturated carbocycles. The second-order valence-corrected chi connectivity index (χ2v) is 4.00. The van der Waals surface area contributed by atoms with Crippen LogP contribution in [0.15, 0.2) is 10.2 Å². The molecule has 72 valence electrons. The van der Waals surface area contributed by atoms with Crippen molar-refractivity contribution in [2.24, 2.45) is 0 Å². The highest BCUT2D eigenvalue weighted by Crippen LogP contribution is 2.22. The highest BCUT2D eigenvalue weighted by molar-refractivity contribution is 7.07. The van der Waals surface area contributed by atoms with Crippen LogP contribution in [0, 0.1) is 0 Å². The lowest BCUT2D eigenvalue weighted by Crippen LogP contribution is -2.16. The van der Waals surface area contributed by atoms with Gasteiger partial charge in [0.15, 0.2) is 0 Å². The number of H-pyrrole nitrogens is 1. The molecule has 2 atom stereocenters. The number of hydrogen-bond acceptors (Lipinski definition) is 4. The molecule has 0 spiro atoms. The maximum Gasteiger partial charge on any atom is 0.304 e. The summed E-state index contributed by atoms with van der Waals surface area (Å²) in [5.41, 5.74) is 0.981. The lowest BCUT2D eigenvalue weighted by molar-refractivity contribution is 0.117. The maximum absolute atomic E-state index is 10.9. The van der Waals surface area contributed by atoms with Gasteiger partial charge in [0, 0.05) is 24.7 Å². The van der Waals surface area contributed by atoms with Crippen molar-refractivity contribution in [2.75, 3.05) is 13.7 Å². The van der Waals surface area contributed by atoms with Gasteiger partial charge in [-0.05, 0) is 6.42 Å². The van der Waals surface area contributed by atoms with E-state index in [2.05, 4.69) is 10.3 Å². The Hall–Kier alpha value is -0.650. The number of hydrogen-bond donors (Lipinski definition) is 2. The normalized spacial score (nSPS) is 28.1. The third kappa shape index (κ3) is 1.82. The summed E-state index contributed by atoms with van der Waals surface area (Å²) in [6.45, 7) is 0.860. The third-order valence-corrected chi connectivity index (χ3v) is 3.03. The largest absolute Gasteiger partial charge is 0.380 e. The molecule has 1 fully saturated rings. The molecule has 5 heteroatoms. The zero-order chi connectivity index (χ0) is 9.26. The van der Waals surface area contributed by atoms with Crippen LogP contribution in [0.25, 0.3) is 0 Å². The molecule has 2 N–H and O–H groups in total. The van der Waals surface area contributed by atoms with Gasteiger partial charge in [-0.1, -0.05) is 11.3 Å². The standard InChI is InChI=1S/C8H12N2O2S/c1-12-5-2-6(9-3-5)7-4-13-8(11)10-7/h4-6,9H,2-3H2,1H3,(H,10,11). The minimum atomic E-state index is 0.0117. The quantitative estimate of drug-likeness (QED) is 0.730. The first-order valence-corrected chi connectivity index (χ1v) is 5.11. The summed E-state index contributed by atoms with van der Waals surface area (Å²) in [6.07, 6.45) is 1.21. The molecule has 1 aliphatic heterocycles. The average Bonchev–Trinajstić information content (AvgIpc) is 2.71. The summed E-state index contributed by atoms with van der Waals surface area (Å²) in [5.74, 6) is 0. The average molecular weight is 200 g/mol. The highest BCUT2D eigenvalue weighted by atomic mass is 32.1. The second-order valence-electron chi connectivity index (χ2n) is 3.16. The highest BCUT2D eigenvalue weighted by Gasteiger charge is 2.25. The molecule has 1 aliphatic rings. The third-order valence-electron chi connectivity index (χ3n) is 2.34. The zero-order valence-corrected chi connectivity index (χ0v) is 8.19. The lowest BCUT2D eigenvalue weighted by Gasteiger charge is -2.06. The Morgan fingerprint density at radius 1 is 1.69 bits per heavy atom. The zero-order valence-electron chi connectivity index (χ0n) is 7.37. The van der Waals surface area contributed by atoms with E-state index >= 15 is 0 Å². The molecule has 0 radical (unpaired) electrons. The van der Waals surface area contributed by atoms with Crippen molar-refractivity contribution < 1.29 is 4.74 Å². The SMILES string of the molecule is COC1CNC(c2csc(=O)[nH]2)C1. The molecule has 1 saturated heterocycles. The molecule has 2 unspecified atom stereocenters. The summed E-state index contributed by atoms with van der Waals surface area (Å²) in [7, 11) is 1.71. The molecule has 0 aromatic carbocycles. The van der Waals surface area contributed by atoms with E-state index < -0.39 is 0 Å². The van der Waals surface area contributed by atoms with Crippen molar-refractivity contribution in [3.05, 3.63) is 20.7 Å². The van der Waals surface area contributed by atoms with E-state index in [1.165, 1.54) is 11.3 Å². The Balaban J connectivity index is 2.07. The van der Waals surface area contributed by atoms with Crippen LogP contribution >= 0.6 is 11.3 Å². The van der Waals surface area contributed by atoms with Crippen LogP contribution in [-0.2, 0) is 4.74 Å². The Morgan fingerprint density at radius 3 is 3.08 bits per heavy atom. The van der Waals surface area contributed by atoms with Crippen LogP contribution in [0.1, 0.15) is 18.2 Å². The monoisotopic (exact) mass is 200 g/mol. The Labute approximate surface area is 79.9 Å². The Morgan fingerprint density at radius 2 is 2.54 bits per heavy atom. The molecule has 1 aromatic heterocycles. The number of nitrogens with one attached hydrogen (secondary N) is 2. The van der Waals surface area contributed by atoms with Gasteiger partial charge in [-0.3, -0.25) is 4.79 Å². The molecule has 4 nitrogen and oxygen atoms in total. The minimum absolute atomic E-state index is 0.0117. The summed E-state index contributed by atoms with van der Waals surface area (Å²) >= 11 is 1.21. The van der Waals surface area contributed by atoms with Crippen molar-refractivity contribution in [3.8, 4) is 0 Å². The van der Waals surface area contributed by atoms with Crippen LogP contribution in [0.3, 0.4) is 0 Å². The fraction of sp³-hybridized carbons (Fsp3) is 0.625. The number of rotatable bonds is 2. The van der Waals surface area contributed by atoms with Crippen LogP contribution in [0.5, 0.6) is 0 Å². The van der Waals surface area contributed by atoms with Gasteiger partial charge >= 0.3 is 4.87 Å². The van der Waals surface area contributed by atoms with E-state index in [0.717, 1.165) is 18.7 Å². The van der Waals surface area contributed by atoms with Crippen LogP contribution < -0.4 is 10.2 Å². The topological polar surface area (TPSA) is 54.1 Å². The summed E-state index contributed by atoms with van der Waals surface area (Å²) in [5, 5.41) is 5.17. The molecule has 1 aromatic rings. The van der Waals surface area contributed by atoms with Gasteiger partial charge in [0.25, 0.3) is 0 Å². The molecule has 0 bridgehead atoms. The van der Waals surface area contributed by atoms with Crippen molar-refractivity contribution >= 4 is 11.3 Å². The van der Waals surface area contributed by atoms with Gasteiger partial charge in [0.1, 0.15) is 0 Å². The maximum atomic E-state index is 10.9. The molecular formula is C8H12N2O2S. The molecule has 2 rings (SSSR count). The lowest BCUT2D eigenvalue weighted by atomic mass is 10.1. The summed E-state index contributed by atoms with van der Waals surface area (Å²) in [6, 6.07) is 0.254. The predicted octanol–water partition coefficient (Wildman–Crippen LogP) is 0.486.